The zero-order valence-electron chi connectivity index (χ0n) is 10.3. The molecule has 2 N–H and O–H groups in total. The number of nitrogens with zero attached hydrogens (tertiary/aromatic N) is 1. The summed E-state index contributed by atoms with van der Waals surface area (Å²) in [6, 6.07) is 6.47. The fourth-order valence-corrected chi connectivity index (χ4v) is 2.06. The van der Waals surface area contributed by atoms with Crippen LogP contribution >= 0.6 is 11.8 Å². The first-order valence-corrected chi connectivity index (χ1v) is 6.97. The molecular formula is C12H21N3S. The summed E-state index contributed by atoms with van der Waals surface area (Å²) >= 11 is 1.94. The molecule has 1 aromatic heterocycles. The van der Waals surface area contributed by atoms with Crippen molar-refractivity contribution in [1.82, 2.24) is 4.98 Å². The Morgan fingerprint density at radius 3 is 2.75 bits per heavy atom. The minimum Gasteiger partial charge on any atom is -0.370 e. The van der Waals surface area contributed by atoms with Gasteiger partial charge in [0.05, 0.1) is 0 Å². The molecular weight excluding hydrogens is 218 g/mol. The monoisotopic (exact) mass is 239 g/mol. The lowest BCUT2D eigenvalue weighted by atomic mass is 10.3. The van der Waals surface area contributed by atoms with E-state index in [0.29, 0.717) is 6.04 Å². The first-order valence-electron chi connectivity index (χ1n) is 5.81. The molecule has 1 aromatic rings. The number of nitrogens with one attached hydrogen (secondary N) is 2. The molecule has 0 aliphatic rings. The van der Waals surface area contributed by atoms with Gasteiger partial charge in [-0.3, -0.25) is 0 Å². The number of rotatable bonds is 7. The molecule has 1 unspecified atom stereocenters. The highest BCUT2D eigenvalue weighted by Crippen LogP contribution is 2.11. The van der Waals surface area contributed by atoms with Gasteiger partial charge in [-0.2, -0.15) is 11.8 Å². The van der Waals surface area contributed by atoms with E-state index >= 15 is 0 Å². The van der Waals surface area contributed by atoms with E-state index in [1.54, 1.807) is 0 Å². The van der Waals surface area contributed by atoms with Crippen LogP contribution in [0.5, 0.6) is 0 Å². The average molecular weight is 239 g/mol. The van der Waals surface area contributed by atoms with Crippen molar-refractivity contribution in [3.8, 4) is 0 Å². The second-order valence-electron chi connectivity index (χ2n) is 3.64. The molecule has 0 aromatic carbocycles. The van der Waals surface area contributed by atoms with Crippen LogP contribution in [-0.2, 0) is 0 Å². The lowest BCUT2D eigenvalue weighted by Gasteiger charge is -2.14. The van der Waals surface area contributed by atoms with Crippen LogP contribution in [0.25, 0.3) is 0 Å². The number of anilines is 2. The maximum atomic E-state index is 4.48. The van der Waals surface area contributed by atoms with Crippen LogP contribution in [-0.4, -0.2) is 29.1 Å². The van der Waals surface area contributed by atoms with E-state index in [-0.39, 0.29) is 0 Å². The molecule has 0 bridgehead atoms. The Morgan fingerprint density at radius 1 is 1.31 bits per heavy atom. The fourth-order valence-electron chi connectivity index (χ4n) is 1.38. The summed E-state index contributed by atoms with van der Waals surface area (Å²) in [6.45, 7) is 7.34. The maximum absolute atomic E-state index is 4.48. The van der Waals surface area contributed by atoms with Gasteiger partial charge in [0.25, 0.3) is 0 Å². The van der Waals surface area contributed by atoms with E-state index in [4.69, 9.17) is 0 Å². The summed E-state index contributed by atoms with van der Waals surface area (Å²) in [5, 5.41) is 6.61. The zero-order valence-corrected chi connectivity index (χ0v) is 11.1. The smallest absolute Gasteiger partial charge is 0.128 e. The van der Waals surface area contributed by atoms with Crippen LogP contribution in [0.15, 0.2) is 18.2 Å². The molecule has 90 valence electrons. The molecule has 0 saturated carbocycles. The normalized spacial score (nSPS) is 12.2. The number of pyridine rings is 1. The van der Waals surface area contributed by atoms with Crippen molar-refractivity contribution in [1.29, 1.82) is 0 Å². The van der Waals surface area contributed by atoms with Gasteiger partial charge < -0.3 is 10.6 Å². The summed E-state index contributed by atoms with van der Waals surface area (Å²) in [6.07, 6.45) is 0. The van der Waals surface area contributed by atoms with E-state index in [0.717, 1.165) is 29.7 Å². The van der Waals surface area contributed by atoms with Crippen molar-refractivity contribution >= 4 is 23.4 Å². The fraction of sp³-hybridized carbons (Fsp3) is 0.583. The molecule has 1 heterocycles. The van der Waals surface area contributed by atoms with Crippen molar-refractivity contribution in [2.75, 3.05) is 28.7 Å². The average Bonchev–Trinajstić information content (AvgIpc) is 2.27. The maximum Gasteiger partial charge on any atom is 0.128 e. The minimum atomic E-state index is 0.453. The first-order chi connectivity index (χ1) is 7.76. The predicted octanol–water partition coefficient (Wildman–Crippen LogP) is 3.07. The van der Waals surface area contributed by atoms with Crippen LogP contribution in [0.4, 0.5) is 11.6 Å². The van der Waals surface area contributed by atoms with Gasteiger partial charge in [0.2, 0.25) is 0 Å². The quantitative estimate of drug-likeness (QED) is 0.767. The van der Waals surface area contributed by atoms with Gasteiger partial charge in [-0.05, 0) is 31.7 Å². The van der Waals surface area contributed by atoms with E-state index in [1.165, 1.54) is 0 Å². The van der Waals surface area contributed by atoms with Crippen molar-refractivity contribution in [2.24, 2.45) is 0 Å². The molecule has 16 heavy (non-hydrogen) atoms. The Morgan fingerprint density at radius 2 is 2.06 bits per heavy atom. The molecule has 0 spiro atoms. The molecule has 3 nitrogen and oxygen atoms in total. The van der Waals surface area contributed by atoms with E-state index < -0.39 is 0 Å². The second-order valence-corrected chi connectivity index (χ2v) is 4.96. The summed E-state index contributed by atoms with van der Waals surface area (Å²) in [4.78, 5) is 4.48. The van der Waals surface area contributed by atoms with Gasteiger partial charge in [-0.25, -0.2) is 4.98 Å². The Balaban J connectivity index is 2.49. The highest BCUT2D eigenvalue weighted by atomic mass is 32.2. The molecule has 1 rings (SSSR count). The van der Waals surface area contributed by atoms with Crippen LogP contribution in [0.2, 0.25) is 0 Å². The second kappa shape index (κ2) is 7.39. The zero-order chi connectivity index (χ0) is 11.8. The first kappa shape index (κ1) is 13.2. The molecule has 0 aliphatic carbocycles. The van der Waals surface area contributed by atoms with E-state index in [2.05, 4.69) is 36.4 Å². The summed E-state index contributed by atoms with van der Waals surface area (Å²) in [5.41, 5.74) is 0. The third-order valence-corrected chi connectivity index (χ3v) is 3.22. The molecule has 0 saturated heterocycles. The van der Waals surface area contributed by atoms with Gasteiger partial charge in [0.15, 0.2) is 0 Å². The van der Waals surface area contributed by atoms with Gasteiger partial charge in [-0.15, -0.1) is 0 Å². The van der Waals surface area contributed by atoms with Crippen LogP contribution in [0, 0.1) is 0 Å². The van der Waals surface area contributed by atoms with Gasteiger partial charge in [-0.1, -0.05) is 13.0 Å². The van der Waals surface area contributed by atoms with Crippen molar-refractivity contribution < 1.29 is 0 Å². The number of thioether (sulfide) groups is 1. The lowest BCUT2D eigenvalue weighted by Crippen LogP contribution is -2.19. The Hall–Kier alpha value is -0.900. The summed E-state index contributed by atoms with van der Waals surface area (Å²) in [7, 11) is 0. The minimum absolute atomic E-state index is 0.453. The van der Waals surface area contributed by atoms with E-state index in [9.17, 15) is 0 Å². The third-order valence-electron chi connectivity index (χ3n) is 2.07. The molecule has 4 heteroatoms. The van der Waals surface area contributed by atoms with Gasteiger partial charge in [0, 0.05) is 18.3 Å². The molecule has 1 atom stereocenters. The summed E-state index contributed by atoms with van der Waals surface area (Å²) < 4.78 is 0. The number of hydrogen-bond acceptors (Lipinski definition) is 4. The lowest BCUT2D eigenvalue weighted by molar-refractivity contribution is 0.902. The number of hydrogen-bond donors (Lipinski definition) is 2. The van der Waals surface area contributed by atoms with Crippen molar-refractivity contribution in [3.05, 3.63) is 18.2 Å². The van der Waals surface area contributed by atoms with Crippen molar-refractivity contribution in [3.63, 3.8) is 0 Å². The van der Waals surface area contributed by atoms with Crippen LogP contribution in [0.3, 0.4) is 0 Å². The van der Waals surface area contributed by atoms with Crippen LogP contribution < -0.4 is 10.6 Å². The van der Waals surface area contributed by atoms with Gasteiger partial charge in [0.1, 0.15) is 11.6 Å². The summed E-state index contributed by atoms with van der Waals surface area (Å²) in [5.74, 6) is 4.16. The number of aromatic nitrogens is 1. The molecule has 0 fully saturated rings. The topological polar surface area (TPSA) is 37.0 Å². The van der Waals surface area contributed by atoms with Crippen molar-refractivity contribution in [2.45, 2.75) is 26.8 Å². The third kappa shape index (κ3) is 4.75. The molecule has 0 aliphatic heterocycles. The Kier molecular flexibility index (Phi) is 6.08. The van der Waals surface area contributed by atoms with Gasteiger partial charge >= 0.3 is 0 Å². The standard InChI is InChI=1S/C12H21N3S/c1-4-13-11-7-6-8-12(15-11)14-10(3)9-16-5-2/h6-8,10H,4-5,9H2,1-3H3,(H2,13,14,15). The van der Waals surface area contributed by atoms with E-state index in [1.807, 2.05) is 30.0 Å². The van der Waals surface area contributed by atoms with Crippen LogP contribution in [0.1, 0.15) is 20.8 Å². The highest BCUT2D eigenvalue weighted by Gasteiger charge is 2.02. The largest absolute Gasteiger partial charge is 0.370 e. The Bertz CT molecular complexity index is 304. The Labute approximate surface area is 102 Å². The molecule has 0 amide bonds. The predicted molar refractivity (Wildman–Crippen MR) is 74.5 cm³/mol. The SMILES string of the molecule is CCNc1cccc(NC(C)CSCC)n1. The highest BCUT2D eigenvalue weighted by molar-refractivity contribution is 7.99. The molecule has 0 radical (unpaired) electrons.